The molecule has 0 spiro atoms. The Morgan fingerprint density at radius 3 is 1.96 bits per heavy atom. The second-order valence-electron chi connectivity index (χ2n) is 5.31. The summed E-state index contributed by atoms with van der Waals surface area (Å²) in [6.07, 6.45) is 0. The van der Waals surface area contributed by atoms with Gasteiger partial charge in [-0.3, -0.25) is 4.72 Å². The highest BCUT2D eigenvalue weighted by Crippen LogP contribution is 2.29. The van der Waals surface area contributed by atoms with Crippen molar-refractivity contribution in [3.05, 3.63) is 53.1 Å². The molecule has 140 valence electrons. The first kappa shape index (κ1) is 19.5. The van der Waals surface area contributed by atoms with E-state index in [-0.39, 0.29) is 5.69 Å². The highest BCUT2D eigenvalue weighted by molar-refractivity contribution is 7.92. The van der Waals surface area contributed by atoms with Crippen LogP contribution in [0.15, 0.2) is 29.2 Å². The van der Waals surface area contributed by atoms with Gasteiger partial charge < -0.3 is 10.0 Å². The van der Waals surface area contributed by atoms with Crippen LogP contribution in [0.4, 0.5) is 28.9 Å². The van der Waals surface area contributed by atoms with Crippen molar-refractivity contribution < 1.29 is 35.9 Å². The summed E-state index contributed by atoms with van der Waals surface area (Å²) in [6.45, 7) is 0. The van der Waals surface area contributed by atoms with Crippen molar-refractivity contribution in [2.45, 2.75) is 4.90 Å². The maximum Gasteiger partial charge on any atom is 0.341 e. The summed E-state index contributed by atoms with van der Waals surface area (Å²) in [6, 6.07) is 5.50. The minimum absolute atomic E-state index is 0.129. The van der Waals surface area contributed by atoms with Gasteiger partial charge in [0.1, 0.15) is 5.56 Å². The van der Waals surface area contributed by atoms with Crippen LogP contribution in [0, 0.1) is 23.3 Å². The minimum atomic E-state index is -5.09. The predicted octanol–water partition coefficient (Wildman–Crippen LogP) is 2.81. The van der Waals surface area contributed by atoms with Gasteiger partial charge in [-0.1, -0.05) is 0 Å². The Morgan fingerprint density at radius 1 is 0.962 bits per heavy atom. The molecule has 0 bridgehead atoms. The van der Waals surface area contributed by atoms with Crippen LogP contribution in [-0.2, 0) is 10.0 Å². The summed E-state index contributed by atoms with van der Waals surface area (Å²) in [5, 5.41) is 8.74. The summed E-state index contributed by atoms with van der Waals surface area (Å²) in [5.41, 5.74) is -1.35. The van der Waals surface area contributed by atoms with Crippen LogP contribution >= 0.6 is 0 Å². The molecule has 0 fully saturated rings. The van der Waals surface area contributed by atoms with Gasteiger partial charge >= 0.3 is 5.97 Å². The van der Waals surface area contributed by atoms with Gasteiger partial charge in [-0.2, -0.15) is 0 Å². The molecule has 26 heavy (non-hydrogen) atoms. The number of nitrogens with one attached hydrogen (secondary N) is 1. The van der Waals surface area contributed by atoms with E-state index in [0.717, 1.165) is 0 Å². The van der Waals surface area contributed by atoms with E-state index in [1.165, 1.54) is 24.3 Å². The van der Waals surface area contributed by atoms with Crippen molar-refractivity contribution in [2.75, 3.05) is 23.7 Å². The Hall–Kier alpha value is -2.82. The average molecular weight is 392 g/mol. The van der Waals surface area contributed by atoms with Gasteiger partial charge in [0.25, 0.3) is 10.0 Å². The molecule has 2 aromatic rings. The van der Waals surface area contributed by atoms with Crippen LogP contribution < -0.4 is 9.62 Å². The van der Waals surface area contributed by atoms with E-state index in [9.17, 15) is 30.8 Å². The minimum Gasteiger partial charge on any atom is -0.477 e. The van der Waals surface area contributed by atoms with Crippen LogP contribution in [0.25, 0.3) is 0 Å². The number of halogens is 4. The van der Waals surface area contributed by atoms with E-state index in [1.807, 2.05) is 0 Å². The van der Waals surface area contributed by atoms with Crippen LogP contribution in [0.3, 0.4) is 0 Å². The molecule has 0 atom stereocenters. The molecule has 2 rings (SSSR count). The van der Waals surface area contributed by atoms with E-state index >= 15 is 0 Å². The van der Waals surface area contributed by atoms with Crippen molar-refractivity contribution in [3.8, 4) is 0 Å². The number of hydrogen-bond acceptors (Lipinski definition) is 4. The molecule has 2 aromatic carbocycles. The van der Waals surface area contributed by atoms with Gasteiger partial charge in [-0.25, -0.2) is 30.8 Å². The molecule has 0 radical (unpaired) electrons. The van der Waals surface area contributed by atoms with Gasteiger partial charge in [0, 0.05) is 25.5 Å². The lowest BCUT2D eigenvalue weighted by Crippen LogP contribution is -2.21. The molecule has 0 aliphatic rings. The fourth-order valence-electron chi connectivity index (χ4n) is 2.07. The van der Waals surface area contributed by atoms with Crippen molar-refractivity contribution in [2.24, 2.45) is 0 Å². The number of carboxylic acids is 1. The first-order valence-corrected chi connectivity index (χ1v) is 8.35. The Kier molecular flexibility index (Phi) is 5.12. The summed E-state index contributed by atoms with van der Waals surface area (Å²) in [5.74, 6) is -11.6. The number of carboxylic acid groups (broad SMARTS) is 1. The third kappa shape index (κ3) is 3.43. The molecule has 0 heterocycles. The molecule has 11 heteroatoms. The number of anilines is 2. The largest absolute Gasteiger partial charge is 0.477 e. The Labute approximate surface area is 145 Å². The summed E-state index contributed by atoms with van der Waals surface area (Å²) in [4.78, 5) is 10.6. The fraction of sp³-hybridized carbons (Fsp3) is 0.133. The summed E-state index contributed by atoms with van der Waals surface area (Å²) < 4.78 is 81.2. The number of rotatable bonds is 5. The fourth-order valence-corrected chi connectivity index (χ4v) is 3.28. The second-order valence-corrected chi connectivity index (χ2v) is 6.93. The normalized spacial score (nSPS) is 11.3. The van der Waals surface area contributed by atoms with Gasteiger partial charge in [0.2, 0.25) is 0 Å². The smallest absolute Gasteiger partial charge is 0.341 e. The molecule has 0 saturated heterocycles. The highest BCUT2D eigenvalue weighted by Gasteiger charge is 2.35. The van der Waals surface area contributed by atoms with Crippen LogP contribution in [0.1, 0.15) is 10.4 Å². The third-order valence-electron chi connectivity index (χ3n) is 3.34. The molecule has 0 aromatic heterocycles. The number of nitrogens with zero attached hydrogens (tertiary/aromatic N) is 1. The summed E-state index contributed by atoms with van der Waals surface area (Å²) >= 11 is 0. The zero-order chi connectivity index (χ0) is 19.8. The van der Waals surface area contributed by atoms with Crippen molar-refractivity contribution in [3.63, 3.8) is 0 Å². The van der Waals surface area contributed by atoms with E-state index in [4.69, 9.17) is 5.11 Å². The predicted molar refractivity (Wildman–Crippen MR) is 84.8 cm³/mol. The number of hydrogen-bond donors (Lipinski definition) is 2. The molecule has 0 unspecified atom stereocenters. The van der Waals surface area contributed by atoms with Gasteiger partial charge in [0.05, 0.1) is 0 Å². The van der Waals surface area contributed by atoms with E-state index in [0.29, 0.717) is 5.69 Å². The van der Waals surface area contributed by atoms with Crippen molar-refractivity contribution in [1.29, 1.82) is 0 Å². The van der Waals surface area contributed by atoms with Crippen LogP contribution in [-0.4, -0.2) is 33.6 Å². The number of aromatic carboxylic acids is 1. The Morgan fingerprint density at radius 2 is 1.50 bits per heavy atom. The van der Waals surface area contributed by atoms with E-state index in [1.54, 1.807) is 23.7 Å². The number of benzene rings is 2. The lowest BCUT2D eigenvalue weighted by Gasteiger charge is -2.15. The topological polar surface area (TPSA) is 86.7 Å². The first-order valence-electron chi connectivity index (χ1n) is 6.86. The first-order chi connectivity index (χ1) is 12.0. The quantitative estimate of drug-likeness (QED) is 0.464. The van der Waals surface area contributed by atoms with Gasteiger partial charge in [-0.15, -0.1) is 0 Å². The Bertz CT molecular complexity index is 976. The monoisotopic (exact) mass is 392 g/mol. The van der Waals surface area contributed by atoms with E-state index < -0.39 is 49.7 Å². The van der Waals surface area contributed by atoms with E-state index in [2.05, 4.69) is 0 Å². The maximum atomic E-state index is 14.1. The molecule has 2 N–H and O–H groups in total. The Balaban J connectivity index is 2.57. The molecular weight excluding hydrogens is 380 g/mol. The van der Waals surface area contributed by atoms with Crippen LogP contribution in [0.2, 0.25) is 0 Å². The summed E-state index contributed by atoms with van der Waals surface area (Å²) in [7, 11) is -1.64. The van der Waals surface area contributed by atoms with Crippen molar-refractivity contribution in [1.82, 2.24) is 0 Å². The molecule has 0 aliphatic heterocycles. The van der Waals surface area contributed by atoms with Gasteiger partial charge in [-0.05, 0) is 24.3 Å². The zero-order valence-corrected chi connectivity index (χ0v) is 14.2. The average Bonchev–Trinajstić information content (AvgIpc) is 2.52. The molecule has 0 aliphatic carbocycles. The number of carbonyl (C=O) groups is 1. The zero-order valence-electron chi connectivity index (χ0n) is 13.3. The number of sulfonamides is 1. The molecule has 0 saturated carbocycles. The highest BCUT2D eigenvalue weighted by atomic mass is 32.2. The maximum absolute atomic E-state index is 14.1. The molecule has 0 amide bonds. The molecular formula is C15H12F4N2O4S. The standard InChI is InChI=1S/C15H12F4N2O4S/c1-21(2)8-5-3-7(4-6-8)20-26(24,25)14-11(17)9(15(22)23)10(16)12(18)13(14)19/h3-6,20H,1-2H3,(H,22,23). The van der Waals surface area contributed by atoms with Gasteiger partial charge in [0.15, 0.2) is 28.2 Å². The lowest BCUT2D eigenvalue weighted by atomic mass is 10.2. The van der Waals surface area contributed by atoms with Crippen molar-refractivity contribution >= 4 is 27.4 Å². The lowest BCUT2D eigenvalue weighted by molar-refractivity contribution is 0.0683. The molecule has 6 nitrogen and oxygen atoms in total. The SMILES string of the molecule is CN(C)c1ccc(NS(=O)(=O)c2c(F)c(F)c(F)c(C(=O)O)c2F)cc1. The van der Waals surface area contributed by atoms with Crippen LogP contribution in [0.5, 0.6) is 0 Å². The third-order valence-corrected chi connectivity index (χ3v) is 4.74. The second kappa shape index (κ2) is 6.83.